The molecule has 1 aromatic rings. The van der Waals surface area contributed by atoms with Crippen molar-refractivity contribution in [2.75, 3.05) is 0 Å². The number of hydrogen-bond donors (Lipinski definition) is 2. The van der Waals surface area contributed by atoms with Crippen LogP contribution >= 0.6 is 0 Å². The highest BCUT2D eigenvalue weighted by Gasteiger charge is 2.10. The smallest absolute Gasteiger partial charge is 0.423 e. The van der Waals surface area contributed by atoms with Crippen LogP contribution in [0.15, 0.2) is 12.4 Å². The van der Waals surface area contributed by atoms with Gasteiger partial charge in [-0.1, -0.05) is 6.85 Å². The third kappa shape index (κ3) is 1.99. The summed E-state index contributed by atoms with van der Waals surface area (Å²) in [4.78, 5) is 6.94. The van der Waals surface area contributed by atoms with Crippen LogP contribution in [-0.4, -0.2) is 27.1 Å². The second-order valence-electron chi connectivity index (χ2n) is 1.84. The zero-order chi connectivity index (χ0) is 12.6. The summed E-state index contributed by atoms with van der Waals surface area (Å²) in [5.41, 5.74) is -0.0370. The van der Waals surface area contributed by atoms with Crippen molar-refractivity contribution in [2.24, 2.45) is 0 Å². The van der Waals surface area contributed by atoms with E-state index in [2.05, 4.69) is 9.97 Å². The number of aromatic nitrogens is 2. The Morgan fingerprint density at radius 3 is 2.73 bits per heavy atom. The highest BCUT2D eigenvalue weighted by atomic mass is 16.4. The maximum absolute atomic E-state index is 8.75. The topological polar surface area (TPSA) is 66.2 Å². The van der Waals surface area contributed by atoms with Crippen molar-refractivity contribution in [1.82, 2.24) is 9.97 Å². The second-order valence-corrected chi connectivity index (χ2v) is 1.84. The molecule has 11 heavy (non-hydrogen) atoms. The predicted molar refractivity (Wildman–Crippen MR) is 41.2 cm³/mol. The van der Waals surface area contributed by atoms with Gasteiger partial charge in [0.05, 0.1) is 0 Å². The third-order valence-electron chi connectivity index (χ3n) is 1.08. The lowest BCUT2D eigenvalue weighted by molar-refractivity contribution is 0.425. The lowest BCUT2D eigenvalue weighted by Gasteiger charge is -1.97. The van der Waals surface area contributed by atoms with Crippen LogP contribution in [0.2, 0.25) is 0 Å². The zero-order valence-electron chi connectivity index (χ0n) is 10.5. The summed E-state index contributed by atoms with van der Waals surface area (Å²) in [6.45, 7) is -2.88. The molecule has 0 amide bonds. The molecule has 0 radical (unpaired) electrons. The van der Waals surface area contributed by atoms with E-state index >= 15 is 0 Å². The maximum atomic E-state index is 8.75. The summed E-state index contributed by atoms with van der Waals surface area (Å²) in [5.74, 6) is -0.517. The molecule has 0 aliphatic heterocycles. The summed E-state index contributed by atoms with van der Waals surface area (Å²) >= 11 is 0. The van der Waals surface area contributed by atoms with Gasteiger partial charge < -0.3 is 10.0 Å². The molecule has 0 bridgehead atoms. The van der Waals surface area contributed by atoms with E-state index in [1.165, 1.54) is 0 Å². The molecule has 0 aliphatic carbocycles. The first-order valence-corrected chi connectivity index (χ1v) is 2.85. The van der Waals surface area contributed by atoms with Crippen molar-refractivity contribution in [2.45, 2.75) is 13.2 Å². The summed E-state index contributed by atoms with van der Waals surface area (Å²) < 4.78 is 35.7. The van der Waals surface area contributed by atoms with Gasteiger partial charge in [0, 0.05) is 31.1 Å². The van der Waals surface area contributed by atoms with Gasteiger partial charge in [0.15, 0.2) is 0 Å². The van der Waals surface area contributed by atoms with Crippen molar-refractivity contribution in [1.29, 1.82) is 0 Å². The van der Waals surface area contributed by atoms with E-state index in [0.717, 1.165) is 12.4 Å². The van der Waals surface area contributed by atoms with Crippen LogP contribution in [0.25, 0.3) is 0 Å². The molecule has 0 saturated heterocycles. The standard InChI is InChI=1S/C6H9BN2O2/c1-2-6-8-3-5(4-9-6)7(10)11/h3-4,10-11H,2H2,1H3/i1D3,2D2. The Labute approximate surface area is 72.1 Å². The minimum Gasteiger partial charge on any atom is -0.423 e. The first-order chi connectivity index (χ1) is 7.16. The average molecular weight is 157 g/mol. The summed E-state index contributed by atoms with van der Waals surface area (Å²) in [5, 5.41) is 17.5. The fourth-order valence-electron chi connectivity index (χ4n) is 0.536. The largest absolute Gasteiger partial charge is 0.491 e. The molecule has 1 rings (SSSR count). The van der Waals surface area contributed by atoms with E-state index in [1.54, 1.807) is 0 Å². The van der Waals surface area contributed by atoms with Gasteiger partial charge in [-0.2, -0.15) is 0 Å². The fraction of sp³-hybridized carbons (Fsp3) is 0.333. The highest BCUT2D eigenvalue weighted by molar-refractivity contribution is 6.58. The van der Waals surface area contributed by atoms with Crippen molar-refractivity contribution in [3.63, 3.8) is 0 Å². The van der Waals surface area contributed by atoms with Gasteiger partial charge in [-0.3, -0.25) is 0 Å². The minimum absolute atomic E-state index is 0.0370. The maximum Gasteiger partial charge on any atom is 0.491 e. The van der Waals surface area contributed by atoms with E-state index in [-0.39, 0.29) is 5.46 Å². The van der Waals surface area contributed by atoms with Gasteiger partial charge in [0.1, 0.15) is 5.82 Å². The highest BCUT2D eigenvalue weighted by Crippen LogP contribution is 1.85. The van der Waals surface area contributed by atoms with E-state index in [1.807, 2.05) is 0 Å². The van der Waals surface area contributed by atoms with Gasteiger partial charge in [-0.05, 0) is 0 Å². The first kappa shape index (κ1) is 3.64. The molecule has 0 unspecified atom stereocenters. The van der Waals surface area contributed by atoms with Crippen molar-refractivity contribution < 1.29 is 16.9 Å². The Morgan fingerprint density at radius 2 is 2.27 bits per heavy atom. The molecule has 1 aromatic heterocycles. The molecule has 2 N–H and O–H groups in total. The number of hydrogen-bond acceptors (Lipinski definition) is 4. The minimum atomic E-state index is -2.88. The van der Waals surface area contributed by atoms with Crippen molar-refractivity contribution in [3.05, 3.63) is 18.2 Å². The summed E-state index contributed by atoms with van der Waals surface area (Å²) in [7, 11) is -1.77. The average Bonchev–Trinajstić information content (AvgIpc) is 2.16. The lowest BCUT2D eigenvalue weighted by atomic mass is 9.83. The normalized spacial score (nSPS) is 18.9. The van der Waals surface area contributed by atoms with Crippen LogP contribution in [0.4, 0.5) is 0 Å². The molecule has 58 valence electrons. The molecular weight excluding hydrogens is 143 g/mol. The summed E-state index contributed by atoms with van der Waals surface area (Å²) in [6, 6.07) is 0. The molecule has 0 atom stereocenters. The quantitative estimate of drug-likeness (QED) is 0.524. The number of aryl methyl sites for hydroxylation is 1. The Morgan fingerprint density at radius 1 is 1.64 bits per heavy atom. The second kappa shape index (κ2) is 3.45. The lowest BCUT2D eigenvalue weighted by Crippen LogP contribution is -2.30. The van der Waals surface area contributed by atoms with E-state index in [0.29, 0.717) is 0 Å². The fourth-order valence-corrected chi connectivity index (χ4v) is 0.536. The van der Waals surface area contributed by atoms with Crippen LogP contribution in [0.3, 0.4) is 0 Å². The van der Waals surface area contributed by atoms with Gasteiger partial charge in [-0.15, -0.1) is 0 Å². The molecule has 0 aliphatic rings. The zero-order valence-corrected chi connectivity index (χ0v) is 5.52. The molecule has 0 spiro atoms. The number of rotatable bonds is 2. The Bertz CT molecular complexity index is 366. The van der Waals surface area contributed by atoms with Crippen LogP contribution in [0.1, 0.15) is 19.5 Å². The van der Waals surface area contributed by atoms with E-state index < -0.39 is 26.2 Å². The molecule has 4 nitrogen and oxygen atoms in total. The molecule has 1 heterocycles. The van der Waals surface area contributed by atoms with Crippen molar-refractivity contribution >= 4 is 12.6 Å². The van der Waals surface area contributed by atoms with Crippen LogP contribution in [-0.2, 0) is 6.37 Å². The predicted octanol–water partition coefficient (Wildman–Crippen LogP) is -1.28. The van der Waals surface area contributed by atoms with Gasteiger partial charge >= 0.3 is 7.12 Å². The summed E-state index contributed by atoms with van der Waals surface area (Å²) in [6.07, 6.45) is -0.737. The Hall–Kier alpha value is -0.935. The number of nitrogens with zero attached hydrogens (tertiary/aromatic N) is 2. The molecule has 0 fully saturated rings. The Balaban J connectivity index is 3.07. The Kier molecular flexibility index (Phi) is 1.14. The third-order valence-corrected chi connectivity index (χ3v) is 1.08. The van der Waals surface area contributed by atoms with Crippen molar-refractivity contribution in [3.8, 4) is 0 Å². The van der Waals surface area contributed by atoms with Crippen LogP contribution < -0.4 is 5.46 Å². The molecule has 0 aromatic carbocycles. The molecule has 5 heteroatoms. The SMILES string of the molecule is [2H]C([2H])([2H])C([2H])([2H])c1ncc(B(O)O)cn1. The monoisotopic (exact) mass is 157 g/mol. The first-order valence-electron chi connectivity index (χ1n) is 5.35. The van der Waals surface area contributed by atoms with Crippen LogP contribution in [0.5, 0.6) is 0 Å². The molecule has 0 saturated carbocycles. The van der Waals surface area contributed by atoms with Gasteiger partial charge in [-0.25, -0.2) is 9.97 Å². The molecular formula is C6H9BN2O2. The van der Waals surface area contributed by atoms with E-state index in [9.17, 15) is 0 Å². The van der Waals surface area contributed by atoms with Gasteiger partial charge in [0.2, 0.25) is 0 Å². The van der Waals surface area contributed by atoms with E-state index in [4.69, 9.17) is 16.9 Å². The van der Waals surface area contributed by atoms with Gasteiger partial charge in [0.25, 0.3) is 0 Å². The van der Waals surface area contributed by atoms with Crippen LogP contribution in [0, 0.1) is 0 Å².